The van der Waals surface area contributed by atoms with Crippen LogP contribution < -0.4 is 18.9 Å². The Morgan fingerprint density at radius 1 is 0.793 bits per heavy atom. The highest BCUT2D eigenvalue weighted by Crippen LogP contribution is 2.35. The lowest BCUT2D eigenvalue weighted by Crippen LogP contribution is -2.41. The number of hydrogen-bond donors (Lipinski definition) is 0. The van der Waals surface area contributed by atoms with E-state index in [-0.39, 0.29) is 25.5 Å². The van der Waals surface area contributed by atoms with Crippen LogP contribution in [-0.2, 0) is 17.8 Å². The molecule has 0 atom stereocenters. The summed E-state index contributed by atoms with van der Waals surface area (Å²) in [7, 11) is 0. The molecule has 0 spiro atoms. The van der Waals surface area contributed by atoms with E-state index in [1.54, 1.807) is 0 Å². The van der Waals surface area contributed by atoms with Gasteiger partial charge in [-0.2, -0.15) is 0 Å². The van der Waals surface area contributed by atoms with Crippen molar-refractivity contribution in [3.63, 3.8) is 0 Å². The Labute approximate surface area is 170 Å². The quantitative estimate of drug-likeness (QED) is 0.765. The topological polar surface area (TPSA) is 57.2 Å². The molecular weight excluding hydrogens is 370 g/mol. The number of nitrogens with zero attached hydrogens (tertiary/aromatic N) is 1. The van der Waals surface area contributed by atoms with Crippen LogP contribution in [0.4, 0.5) is 0 Å². The third-order valence-corrected chi connectivity index (χ3v) is 5.92. The van der Waals surface area contributed by atoms with Gasteiger partial charge in [0.1, 0.15) is 0 Å². The summed E-state index contributed by atoms with van der Waals surface area (Å²) in [6.07, 6.45) is 6.11. The van der Waals surface area contributed by atoms with Gasteiger partial charge in [-0.05, 0) is 48.2 Å². The highest BCUT2D eigenvalue weighted by Gasteiger charge is 2.27. The maximum atomic E-state index is 13.3. The van der Waals surface area contributed by atoms with Gasteiger partial charge in [0.2, 0.25) is 19.5 Å². The van der Waals surface area contributed by atoms with Crippen LogP contribution in [0.3, 0.4) is 0 Å². The summed E-state index contributed by atoms with van der Waals surface area (Å²) >= 11 is 0. The predicted molar refractivity (Wildman–Crippen MR) is 106 cm³/mol. The minimum absolute atomic E-state index is 0.147. The first-order valence-electron chi connectivity index (χ1n) is 10.3. The molecule has 2 heterocycles. The molecule has 1 amide bonds. The molecule has 0 bridgehead atoms. The average molecular weight is 395 g/mol. The zero-order valence-electron chi connectivity index (χ0n) is 16.4. The van der Waals surface area contributed by atoms with Crippen LogP contribution in [0.5, 0.6) is 23.0 Å². The number of fused-ring (bicyclic) bond motifs is 2. The lowest BCUT2D eigenvalue weighted by molar-refractivity contribution is -0.134. The van der Waals surface area contributed by atoms with Gasteiger partial charge in [0, 0.05) is 12.6 Å². The second kappa shape index (κ2) is 7.85. The van der Waals surface area contributed by atoms with Gasteiger partial charge in [0.05, 0.1) is 6.42 Å². The largest absolute Gasteiger partial charge is 0.454 e. The molecule has 0 saturated heterocycles. The maximum absolute atomic E-state index is 13.3. The maximum Gasteiger partial charge on any atom is 0.231 e. The van der Waals surface area contributed by atoms with Crippen LogP contribution in [0.1, 0.15) is 43.2 Å². The van der Waals surface area contributed by atoms with Crippen molar-refractivity contribution in [1.29, 1.82) is 0 Å². The highest BCUT2D eigenvalue weighted by atomic mass is 16.7. The van der Waals surface area contributed by atoms with E-state index in [0.29, 0.717) is 13.0 Å². The van der Waals surface area contributed by atoms with Crippen LogP contribution in [0.25, 0.3) is 0 Å². The van der Waals surface area contributed by atoms with Gasteiger partial charge in [-0.15, -0.1) is 0 Å². The summed E-state index contributed by atoms with van der Waals surface area (Å²) in [5, 5.41) is 0. The highest BCUT2D eigenvalue weighted by molar-refractivity contribution is 5.79. The number of benzene rings is 2. The van der Waals surface area contributed by atoms with E-state index in [1.807, 2.05) is 36.4 Å². The fourth-order valence-corrected chi connectivity index (χ4v) is 4.38. The van der Waals surface area contributed by atoms with Crippen molar-refractivity contribution in [2.75, 3.05) is 13.6 Å². The zero-order chi connectivity index (χ0) is 19.6. The van der Waals surface area contributed by atoms with E-state index in [2.05, 4.69) is 4.90 Å². The summed E-state index contributed by atoms with van der Waals surface area (Å²) in [6.45, 7) is 1.09. The number of hydrogen-bond acceptors (Lipinski definition) is 5. The van der Waals surface area contributed by atoms with Crippen molar-refractivity contribution < 1.29 is 23.7 Å². The van der Waals surface area contributed by atoms with Gasteiger partial charge in [0.25, 0.3) is 0 Å². The monoisotopic (exact) mass is 395 g/mol. The molecule has 6 heteroatoms. The Morgan fingerprint density at radius 2 is 1.38 bits per heavy atom. The molecule has 3 aliphatic rings. The molecule has 29 heavy (non-hydrogen) atoms. The SMILES string of the molecule is O=C(Cc1ccc2c(c1)OCO2)N(Cc1ccc2c(c1)OCO2)C1CCCCC1. The smallest absolute Gasteiger partial charge is 0.231 e. The molecule has 1 saturated carbocycles. The predicted octanol–water partition coefficient (Wildman–Crippen LogP) is 4.05. The van der Waals surface area contributed by atoms with Crippen molar-refractivity contribution in [2.24, 2.45) is 0 Å². The molecule has 6 nitrogen and oxygen atoms in total. The minimum atomic E-state index is 0.147. The van der Waals surface area contributed by atoms with Crippen molar-refractivity contribution >= 4 is 5.91 Å². The van der Waals surface area contributed by atoms with Crippen molar-refractivity contribution in [2.45, 2.75) is 51.1 Å². The van der Waals surface area contributed by atoms with Gasteiger partial charge < -0.3 is 23.8 Å². The number of carbonyl (C=O) groups excluding carboxylic acids is 1. The average Bonchev–Trinajstić information content (AvgIpc) is 3.41. The molecule has 1 fully saturated rings. The first kappa shape index (κ1) is 18.2. The molecule has 2 aliphatic heterocycles. The van der Waals surface area contributed by atoms with Crippen LogP contribution in [0.2, 0.25) is 0 Å². The van der Waals surface area contributed by atoms with Crippen molar-refractivity contribution in [3.8, 4) is 23.0 Å². The van der Waals surface area contributed by atoms with E-state index in [4.69, 9.17) is 18.9 Å². The first-order valence-corrected chi connectivity index (χ1v) is 10.3. The molecule has 2 aromatic rings. The van der Waals surface area contributed by atoms with E-state index in [1.165, 1.54) is 19.3 Å². The Bertz CT molecular complexity index is 906. The molecule has 0 unspecified atom stereocenters. The fourth-order valence-electron chi connectivity index (χ4n) is 4.38. The van der Waals surface area contributed by atoms with Gasteiger partial charge >= 0.3 is 0 Å². The van der Waals surface area contributed by atoms with Crippen molar-refractivity contribution in [3.05, 3.63) is 47.5 Å². The molecule has 2 aromatic carbocycles. The fraction of sp³-hybridized carbons (Fsp3) is 0.435. The number of rotatable bonds is 5. The molecule has 5 rings (SSSR count). The zero-order valence-corrected chi connectivity index (χ0v) is 16.4. The standard InChI is InChI=1S/C23H25NO5/c25-23(12-16-6-8-19-21(10-16)28-14-26-19)24(18-4-2-1-3-5-18)13-17-7-9-20-22(11-17)29-15-27-20/h6-11,18H,1-5,12-15H2. The number of carbonyl (C=O) groups is 1. The lowest BCUT2D eigenvalue weighted by atomic mass is 9.93. The van der Waals surface area contributed by atoms with Crippen LogP contribution in [0.15, 0.2) is 36.4 Å². The van der Waals surface area contributed by atoms with E-state index in [9.17, 15) is 4.79 Å². The van der Waals surface area contributed by atoms with Gasteiger partial charge in [-0.1, -0.05) is 31.4 Å². The lowest BCUT2D eigenvalue weighted by Gasteiger charge is -2.34. The first-order chi connectivity index (χ1) is 14.3. The Balaban J connectivity index is 1.35. The Morgan fingerprint density at radius 3 is 2.07 bits per heavy atom. The molecule has 0 aromatic heterocycles. The van der Waals surface area contributed by atoms with Crippen LogP contribution in [-0.4, -0.2) is 30.4 Å². The molecular formula is C23H25NO5. The van der Waals surface area contributed by atoms with Gasteiger partial charge in [-0.25, -0.2) is 0 Å². The second-order valence-electron chi connectivity index (χ2n) is 7.87. The molecule has 152 valence electrons. The van der Waals surface area contributed by atoms with E-state index in [0.717, 1.165) is 47.0 Å². The minimum Gasteiger partial charge on any atom is -0.454 e. The summed E-state index contributed by atoms with van der Waals surface area (Å²) in [5.74, 6) is 3.13. The third-order valence-electron chi connectivity index (χ3n) is 5.92. The molecule has 1 aliphatic carbocycles. The Hall–Kier alpha value is -2.89. The summed E-state index contributed by atoms with van der Waals surface area (Å²) in [6, 6.07) is 12.0. The normalized spacial score (nSPS) is 17.4. The van der Waals surface area contributed by atoms with Gasteiger partial charge in [-0.3, -0.25) is 4.79 Å². The molecule has 0 N–H and O–H groups in total. The Kier molecular flexibility index (Phi) is 4.92. The van der Waals surface area contributed by atoms with E-state index >= 15 is 0 Å². The summed E-state index contributed by atoms with van der Waals surface area (Å²) < 4.78 is 21.8. The van der Waals surface area contributed by atoms with Gasteiger partial charge in [0.15, 0.2) is 23.0 Å². The van der Waals surface area contributed by atoms with Crippen LogP contribution >= 0.6 is 0 Å². The summed E-state index contributed by atoms with van der Waals surface area (Å²) in [5.41, 5.74) is 2.02. The van der Waals surface area contributed by atoms with Crippen LogP contribution in [0, 0.1) is 0 Å². The number of ether oxygens (including phenoxy) is 4. The molecule has 0 radical (unpaired) electrons. The van der Waals surface area contributed by atoms with E-state index < -0.39 is 0 Å². The second-order valence-corrected chi connectivity index (χ2v) is 7.87. The number of amides is 1. The summed E-state index contributed by atoms with van der Waals surface area (Å²) in [4.78, 5) is 15.4. The third kappa shape index (κ3) is 3.84. The van der Waals surface area contributed by atoms with Crippen molar-refractivity contribution in [1.82, 2.24) is 4.90 Å².